The fourth-order valence-corrected chi connectivity index (χ4v) is 2.08. The number of rotatable bonds is 2. The Morgan fingerprint density at radius 3 is 3.15 bits per heavy atom. The molecule has 1 aromatic rings. The molecule has 0 bridgehead atoms. The second-order valence-electron chi connectivity index (χ2n) is 3.45. The number of benzene rings is 1. The molecule has 0 amide bonds. The zero-order valence-corrected chi connectivity index (χ0v) is 7.29. The topological polar surface area (TPSA) is 17.1 Å². The van der Waals surface area contributed by atoms with Gasteiger partial charge in [0.05, 0.1) is 0 Å². The SMILES string of the molecule is O=CCC1CCc2cccc(F)c21. The zero-order chi connectivity index (χ0) is 9.26. The molecule has 68 valence electrons. The summed E-state index contributed by atoms with van der Waals surface area (Å²) in [5.41, 5.74) is 1.85. The van der Waals surface area contributed by atoms with E-state index in [1.54, 1.807) is 6.07 Å². The number of halogens is 1. The van der Waals surface area contributed by atoms with Crippen LogP contribution in [0, 0.1) is 5.82 Å². The molecule has 0 heterocycles. The van der Waals surface area contributed by atoms with E-state index in [1.165, 1.54) is 6.07 Å². The Bertz CT molecular complexity index is 333. The van der Waals surface area contributed by atoms with Crippen LogP contribution >= 0.6 is 0 Å². The second kappa shape index (κ2) is 3.29. The highest BCUT2D eigenvalue weighted by Gasteiger charge is 2.24. The van der Waals surface area contributed by atoms with Gasteiger partial charge in [0.1, 0.15) is 12.1 Å². The van der Waals surface area contributed by atoms with Crippen molar-refractivity contribution in [3.63, 3.8) is 0 Å². The van der Waals surface area contributed by atoms with Crippen LogP contribution < -0.4 is 0 Å². The molecule has 1 aliphatic rings. The zero-order valence-electron chi connectivity index (χ0n) is 7.29. The molecule has 1 aliphatic carbocycles. The molecule has 0 aromatic heterocycles. The van der Waals surface area contributed by atoms with E-state index in [9.17, 15) is 9.18 Å². The first kappa shape index (κ1) is 8.42. The van der Waals surface area contributed by atoms with E-state index >= 15 is 0 Å². The van der Waals surface area contributed by atoms with Crippen LogP contribution in [0.1, 0.15) is 29.9 Å². The smallest absolute Gasteiger partial charge is 0.126 e. The Morgan fingerprint density at radius 1 is 1.54 bits per heavy atom. The molecule has 2 heteroatoms. The van der Waals surface area contributed by atoms with Crippen molar-refractivity contribution in [1.29, 1.82) is 0 Å². The minimum atomic E-state index is -0.151. The monoisotopic (exact) mass is 178 g/mol. The van der Waals surface area contributed by atoms with Crippen LogP contribution in [0.2, 0.25) is 0 Å². The van der Waals surface area contributed by atoms with Crippen LogP contribution in [0.25, 0.3) is 0 Å². The van der Waals surface area contributed by atoms with Gasteiger partial charge in [0, 0.05) is 6.42 Å². The molecule has 0 radical (unpaired) electrons. The van der Waals surface area contributed by atoms with E-state index in [-0.39, 0.29) is 11.7 Å². The summed E-state index contributed by atoms with van der Waals surface area (Å²) in [6.45, 7) is 0. The molecule has 1 atom stereocenters. The molecule has 1 unspecified atom stereocenters. The van der Waals surface area contributed by atoms with Gasteiger partial charge in [0.25, 0.3) is 0 Å². The maximum Gasteiger partial charge on any atom is 0.126 e. The lowest BCUT2D eigenvalue weighted by atomic mass is 9.98. The van der Waals surface area contributed by atoms with E-state index in [2.05, 4.69) is 0 Å². The van der Waals surface area contributed by atoms with E-state index in [4.69, 9.17) is 0 Å². The highest BCUT2D eigenvalue weighted by Crippen LogP contribution is 2.36. The van der Waals surface area contributed by atoms with Gasteiger partial charge in [-0.2, -0.15) is 0 Å². The van der Waals surface area contributed by atoms with E-state index in [1.807, 2.05) is 6.07 Å². The first-order valence-corrected chi connectivity index (χ1v) is 4.54. The Hall–Kier alpha value is -1.18. The number of carbonyl (C=O) groups excluding carboxylic acids is 1. The van der Waals surface area contributed by atoms with Gasteiger partial charge in [-0.1, -0.05) is 12.1 Å². The lowest BCUT2D eigenvalue weighted by Crippen LogP contribution is -1.97. The van der Waals surface area contributed by atoms with E-state index in [0.717, 1.165) is 30.3 Å². The lowest BCUT2D eigenvalue weighted by molar-refractivity contribution is -0.108. The lowest BCUT2D eigenvalue weighted by Gasteiger charge is -2.07. The Labute approximate surface area is 76.6 Å². The summed E-state index contributed by atoms with van der Waals surface area (Å²) >= 11 is 0. The summed E-state index contributed by atoms with van der Waals surface area (Å²) in [5, 5.41) is 0. The molecule has 0 saturated carbocycles. The normalized spacial score (nSPS) is 19.9. The number of hydrogen-bond acceptors (Lipinski definition) is 1. The molecule has 1 aromatic carbocycles. The Kier molecular flexibility index (Phi) is 2.13. The molecule has 0 saturated heterocycles. The minimum Gasteiger partial charge on any atom is -0.303 e. The van der Waals surface area contributed by atoms with Crippen molar-refractivity contribution in [3.8, 4) is 0 Å². The first-order valence-electron chi connectivity index (χ1n) is 4.54. The molecule has 13 heavy (non-hydrogen) atoms. The number of aryl methyl sites for hydroxylation is 1. The van der Waals surface area contributed by atoms with Gasteiger partial charge < -0.3 is 4.79 Å². The summed E-state index contributed by atoms with van der Waals surface area (Å²) in [5.74, 6) is -0.0319. The van der Waals surface area contributed by atoms with Crippen molar-refractivity contribution in [1.82, 2.24) is 0 Å². The summed E-state index contributed by atoms with van der Waals surface area (Å²) in [4.78, 5) is 10.4. The van der Waals surface area contributed by atoms with Gasteiger partial charge in [-0.05, 0) is 36.0 Å². The summed E-state index contributed by atoms with van der Waals surface area (Å²) in [6, 6.07) is 5.16. The molecular formula is C11H11FO. The van der Waals surface area contributed by atoms with Crippen molar-refractivity contribution >= 4 is 6.29 Å². The van der Waals surface area contributed by atoms with Crippen molar-refractivity contribution in [2.24, 2.45) is 0 Å². The average Bonchev–Trinajstić information content (AvgIpc) is 2.51. The van der Waals surface area contributed by atoms with Gasteiger partial charge in [0.15, 0.2) is 0 Å². The van der Waals surface area contributed by atoms with Crippen LogP contribution in [0.3, 0.4) is 0 Å². The van der Waals surface area contributed by atoms with Crippen LogP contribution in [0.15, 0.2) is 18.2 Å². The van der Waals surface area contributed by atoms with Gasteiger partial charge in [-0.15, -0.1) is 0 Å². The van der Waals surface area contributed by atoms with Crippen molar-refractivity contribution in [2.75, 3.05) is 0 Å². The Balaban J connectivity index is 2.39. The van der Waals surface area contributed by atoms with Crippen molar-refractivity contribution in [3.05, 3.63) is 35.1 Å². The third-order valence-corrected chi connectivity index (χ3v) is 2.69. The minimum absolute atomic E-state index is 0.119. The first-order chi connectivity index (χ1) is 6.33. The number of hydrogen-bond donors (Lipinski definition) is 0. The predicted octanol–water partition coefficient (Wildman–Crippen LogP) is 2.44. The van der Waals surface area contributed by atoms with E-state index in [0.29, 0.717) is 6.42 Å². The Morgan fingerprint density at radius 2 is 2.38 bits per heavy atom. The highest BCUT2D eigenvalue weighted by atomic mass is 19.1. The van der Waals surface area contributed by atoms with Gasteiger partial charge in [-0.25, -0.2) is 4.39 Å². The van der Waals surface area contributed by atoms with Gasteiger partial charge >= 0.3 is 0 Å². The summed E-state index contributed by atoms with van der Waals surface area (Å²) in [6.07, 6.45) is 3.15. The fourth-order valence-electron chi connectivity index (χ4n) is 2.08. The number of fused-ring (bicyclic) bond motifs is 1. The van der Waals surface area contributed by atoms with Crippen LogP contribution in [0.5, 0.6) is 0 Å². The molecular weight excluding hydrogens is 167 g/mol. The third-order valence-electron chi connectivity index (χ3n) is 2.69. The summed E-state index contributed by atoms with van der Waals surface area (Å²) in [7, 11) is 0. The largest absolute Gasteiger partial charge is 0.303 e. The highest BCUT2D eigenvalue weighted by molar-refractivity contribution is 5.53. The van der Waals surface area contributed by atoms with Gasteiger partial charge in [-0.3, -0.25) is 0 Å². The van der Waals surface area contributed by atoms with Crippen LogP contribution in [-0.2, 0) is 11.2 Å². The molecule has 1 nitrogen and oxygen atoms in total. The predicted molar refractivity (Wildman–Crippen MR) is 48.1 cm³/mol. The standard InChI is InChI=1S/C11H11FO/c12-10-3-1-2-8-4-5-9(6-7-13)11(8)10/h1-3,7,9H,4-6H2. The second-order valence-corrected chi connectivity index (χ2v) is 3.45. The maximum absolute atomic E-state index is 13.3. The molecule has 0 spiro atoms. The number of aldehydes is 1. The molecule has 0 fully saturated rings. The van der Waals surface area contributed by atoms with Crippen molar-refractivity contribution in [2.45, 2.75) is 25.2 Å². The van der Waals surface area contributed by atoms with Crippen LogP contribution in [-0.4, -0.2) is 6.29 Å². The van der Waals surface area contributed by atoms with Crippen LogP contribution in [0.4, 0.5) is 4.39 Å². The average molecular weight is 178 g/mol. The van der Waals surface area contributed by atoms with E-state index < -0.39 is 0 Å². The molecule has 0 aliphatic heterocycles. The number of carbonyl (C=O) groups is 1. The molecule has 2 rings (SSSR count). The van der Waals surface area contributed by atoms with Crippen molar-refractivity contribution < 1.29 is 9.18 Å². The summed E-state index contributed by atoms with van der Waals surface area (Å²) < 4.78 is 13.3. The quantitative estimate of drug-likeness (QED) is 0.636. The molecule has 0 N–H and O–H groups in total. The fraction of sp³-hybridized carbons (Fsp3) is 0.364. The third kappa shape index (κ3) is 1.37. The van der Waals surface area contributed by atoms with Gasteiger partial charge in [0.2, 0.25) is 0 Å². The maximum atomic E-state index is 13.3.